The molecule has 3 heteroatoms. The minimum absolute atomic E-state index is 1.04. The van der Waals surface area contributed by atoms with Crippen molar-refractivity contribution in [3.8, 4) is 0 Å². The lowest BCUT2D eigenvalue weighted by atomic mass is 10.4. The van der Waals surface area contributed by atoms with Crippen LogP contribution in [0.4, 0.5) is 0 Å². The van der Waals surface area contributed by atoms with Gasteiger partial charge in [-0.2, -0.15) is 0 Å². The zero-order valence-electron chi connectivity index (χ0n) is 6.10. The van der Waals surface area contributed by atoms with Crippen molar-refractivity contribution in [1.82, 2.24) is 4.90 Å². The van der Waals surface area contributed by atoms with E-state index in [2.05, 4.69) is 46.4 Å². The summed E-state index contributed by atoms with van der Waals surface area (Å²) in [4.78, 5) is 3.56. The van der Waals surface area contributed by atoms with E-state index < -0.39 is 0 Å². The summed E-state index contributed by atoms with van der Waals surface area (Å²) in [6, 6.07) is 2.16. The number of hydrogen-bond acceptors (Lipinski definition) is 2. The lowest BCUT2D eigenvalue weighted by Gasteiger charge is -2.05. The summed E-state index contributed by atoms with van der Waals surface area (Å²) >= 11 is 5.20. The third-order valence-corrected chi connectivity index (χ3v) is 2.78. The molecule has 1 nitrogen and oxygen atoms in total. The van der Waals surface area contributed by atoms with Crippen molar-refractivity contribution in [3.63, 3.8) is 0 Å². The van der Waals surface area contributed by atoms with Gasteiger partial charge in [0, 0.05) is 21.3 Å². The van der Waals surface area contributed by atoms with E-state index in [-0.39, 0.29) is 0 Å². The normalized spacial score (nSPS) is 10.8. The maximum atomic E-state index is 3.41. The van der Waals surface area contributed by atoms with Crippen molar-refractivity contribution in [1.29, 1.82) is 0 Å². The SMILES string of the molecule is CN(C)Cc1cc(Br)cs1. The summed E-state index contributed by atoms with van der Waals surface area (Å²) in [6.07, 6.45) is 0. The quantitative estimate of drug-likeness (QED) is 0.740. The van der Waals surface area contributed by atoms with Crippen molar-refractivity contribution in [2.75, 3.05) is 14.1 Å². The van der Waals surface area contributed by atoms with Crippen LogP contribution in [0.25, 0.3) is 0 Å². The van der Waals surface area contributed by atoms with Crippen LogP contribution in [0.1, 0.15) is 4.88 Å². The molecular formula is C7H10BrNS. The maximum absolute atomic E-state index is 3.41. The first-order valence-electron chi connectivity index (χ1n) is 3.06. The summed E-state index contributed by atoms with van der Waals surface area (Å²) in [5.41, 5.74) is 0. The van der Waals surface area contributed by atoms with Crippen LogP contribution in [-0.2, 0) is 6.54 Å². The molecule has 0 saturated heterocycles. The van der Waals surface area contributed by atoms with Gasteiger partial charge in [0.15, 0.2) is 0 Å². The predicted molar refractivity (Wildman–Crippen MR) is 49.4 cm³/mol. The Morgan fingerprint density at radius 1 is 1.60 bits per heavy atom. The molecule has 10 heavy (non-hydrogen) atoms. The molecule has 0 amide bonds. The molecule has 56 valence electrons. The standard InChI is InChI=1S/C7H10BrNS/c1-9(2)4-7-3-6(8)5-10-7/h3,5H,4H2,1-2H3. The Bertz CT molecular complexity index is 207. The molecule has 1 rings (SSSR count). The Hall–Kier alpha value is 0.140. The van der Waals surface area contributed by atoms with Crippen molar-refractivity contribution in [2.24, 2.45) is 0 Å². The Morgan fingerprint density at radius 3 is 2.70 bits per heavy atom. The van der Waals surface area contributed by atoms with Gasteiger partial charge in [0.2, 0.25) is 0 Å². The highest BCUT2D eigenvalue weighted by Crippen LogP contribution is 2.20. The second kappa shape index (κ2) is 3.51. The highest BCUT2D eigenvalue weighted by Gasteiger charge is 1.97. The minimum Gasteiger partial charge on any atom is -0.304 e. The summed E-state index contributed by atoms with van der Waals surface area (Å²) in [7, 11) is 4.15. The zero-order valence-corrected chi connectivity index (χ0v) is 8.50. The fourth-order valence-electron chi connectivity index (χ4n) is 0.748. The fourth-order valence-corrected chi connectivity index (χ4v) is 2.32. The molecule has 0 fully saturated rings. The molecule has 0 aliphatic carbocycles. The topological polar surface area (TPSA) is 3.24 Å². The number of thiophene rings is 1. The Morgan fingerprint density at radius 2 is 2.30 bits per heavy atom. The van der Waals surface area contributed by atoms with E-state index in [9.17, 15) is 0 Å². The summed E-state index contributed by atoms with van der Waals surface area (Å²) in [5.74, 6) is 0. The molecule has 0 radical (unpaired) electrons. The van der Waals surface area contributed by atoms with Gasteiger partial charge in [-0.1, -0.05) is 0 Å². The summed E-state index contributed by atoms with van der Waals surface area (Å²) < 4.78 is 1.19. The maximum Gasteiger partial charge on any atom is 0.0322 e. The van der Waals surface area contributed by atoms with Gasteiger partial charge in [0.25, 0.3) is 0 Å². The predicted octanol–water partition coefficient (Wildman–Crippen LogP) is 2.57. The molecule has 1 heterocycles. The van der Waals surface area contributed by atoms with E-state index in [1.54, 1.807) is 11.3 Å². The first-order chi connectivity index (χ1) is 4.68. The van der Waals surface area contributed by atoms with E-state index in [1.165, 1.54) is 9.35 Å². The second-order valence-corrected chi connectivity index (χ2v) is 4.38. The van der Waals surface area contributed by atoms with Crippen LogP contribution in [0.5, 0.6) is 0 Å². The molecule has 0 saturated carbocycles. The molecule has 0 unspecified atom stereocenters. The van der Waals surface area contributed by atoms with Crippen molar-refractivity contribution < 1.29 is 0 Å². The van der Waals surface area contributed by atoms with Crippen molar-refractivity contribution in [3.05, 3.63) is 20.8 Å². The van der Waals surface area contributed by atoms with Crippen LogP contribution in [0, 0.1) is 0 Å². The van der Waals surface area contributed by atoms with E-state index in [0.717, 1.165) is 6.54 Å². The average molecular weight is 220 g/mol. The minimum atomic E-state index is 1.04. The molecule has 0 aliphatic rings. The van der Waals surface area contributed by atoms with E-state index in [1.807, 2.05) is 0 Å². The fraction of sp³-hybridized carbons (Fsp3) is 0.429. The molecule has 0 N–H and O–H groups in total. The molecule has 0 spiro atoms. The summed E-state index contributed by atoms with van der Waals surface area (Å²) in [6.45, 7) is 1.04. The Balaban J connectivity index is 2.58. The lowest BCUT2D eigenvalue weighted by Crippen LogP contribution is -2.09. The zero-order chi connectivity index (χ0) is 7.56. The van der Waals surface area contributed by atoms with Gasteiger partial charge < -0.3 is 4.90 Å². The number of halogens is 1. The van der Waals surface area contributed by atoms with Gasteiger partial charge in [0.1, 0.15) is 0 Å². The second-order valence-electron chi connectivity index (χ2n) is 2.47. The van der Waals surface area contributed by atoms with Gasteiger partial charge >= 0.3 is 0 Å². The average Bonchev–Trinajstić information content (AvgIpc) is 2.13. The van der Waals surface area contributed by atoms with Gasteiger partial charge in [-0.25, -0.2) is 0 Å². The van der Waals surface area contributed by atoms with E-state index >= 15 is 0 Å². The molecule has 0 aliphatic heterocycles. The lowest BCUT2D eigenvalue weighted by molar-refractivity contribution is 0.406. The number of rotatable bonds is 2. The smallest absolute Gasteiger partial charge is 0.0322 e. The first kappa shape index (κ1) is 8.24. The molecular weight excluding hydrogens is 210 g/mol. The first-order valence-corrected chi connectivity index (χ1v) is 4.73. The van der Waals surface area contributed by atoms with Crippen LogP contribution in [-0.4, -0.2) is 19.0 Å². The van der Waals surface area contributed by atoms with Crippen LogP contribution in [0.3, 0.4) is 0 Å². The molecule has 0 aromatic carbocycles. The highest BCUT2D eigenvalue weighted by molar-refractivity contribution is 9.10. The van der Waals surface area contributed by atoms with Gasteiger partial charge in [-0.05, 0) is 36.1 Å². The van der Waals surface area contributed by atoms with Crippen LogP contribution in [0.2, 0.25) is 0 Å². The van der Waals surface area contributed by atoms with E-state index in [0.29, 0.717) is 0 Å². The van der Waals surface area contributed by atoms with E-state index in [4.69, 9.17) is 0 Å². The molecule has 1 aromatic heterocycles. The van der Waals surface area contributed by atoms with Crippen molar-refractivity contribution in [2.45, 2.75) is 6.54 Å². The largest absolute Gasteiger partial charge is 0.304 e. The van der Waals surface area contributed by atoms with Gasteiger partial charge in [0.05, 0.1) is 0 Å². The van der Waals surface area contributed by atoms with Crippen LogP contribution >= 0.6 is 27.3 Å². The number of nitrogens with zero attached hydrogens (tertiary/aromatic N) is 1. The third-order valence-electron chi connectivity index (χ3n) is 1.09. The monoisotopic (exact) mass is 219 g/mol. The number of hydrogen-bond donors (Lipinski definition) is 0. The van der Waals surface area contributed by atoms with Crippen LogP contribution in [0.15, 0.2) is 15.9 Å². The molecule has 0 bridgehead atoms. The Kier molecular flexibility index (Phi) is 2.89. The molecule has 0 atom stereocenters. The van der Waals surface area contributed by atoms with Gasteiger partial charge in [-0.15, -0.1) is 11.3 Å². The van der Waals surface area contributed by atoms with Crippen LogP contribution < -0.4 is 0 Å². The highest BCUT2D eigenvalue weighted by atomic mass is 79.9. The van der Waals surface area contributed by atoms with Gasteiger partial charge in [-0.3, -0.25) is 0 Å². The Labute approximate surface area is 73.8 Å². The van der Waals surface area contributed by atoms with Crippen molar-refractivity contribution >= 4 is 27.3 Å². The summed E-state index contributed by atoms with van der Waals surface area (Å²) in [5, 5.41) is 2.11. The third kappa shape index (κ3) is 2.40. The molecule has 1 aromatic rings.